The smallest absolute Gasteiger partial charge is 0.410 e. The van der Waals surface area contributed by atoms with Crippen LogP contribution in [0.25, 0.3) is 0 Å². The zero-order valence-corrected chi connectivity index (χ0v) is 10.3. The standard InChI is InChI=1S/C11H18N2O4/c1-10(2,3)17-9(16)13-5-11(6-13)4-12-7(11)8(14)15/h7,12H,4-6H2,1-3H3,(H,14,15)/t7-/m0/s1. The third-order valence-corrected chi connectivity index (χ3v) is 3.18. The molecule has 0 saturated carbocycles. The minimum atomic E-state index is -0.847. The first-order valence-corrected chi connectivity index (χ1v) is 5.68. The third-order valence-electron chi connectivity index (χ3n) is 3.18. The predicted octanol–water partition coefficient (Wildman–Crippen LogP) is 0.280. The molecule has 2 rings (SSSR count). The van der Waals surface area contributed by atoms with Crippen molar-refractivity contribution in [2.45, 2.75) is 32.4 Å². The van der Waals surface area contributed by atoms with Crippen LogP contribution in [-0.4, -0.2) is 53.3 Å². The Kier molecular flexibility index (Phi) is 2.57. The molecule has 1 spiro atoms. The lowest BCUT2D eigenvalue weighted by Crippen LogP contribution is -2.79. The topological polar surface area (TPSA) is 78.9 Å². The average Bonchev–Trinajstić information content (AvgIpc) is 1.93. The van der Waals surface area contributed by atoms with E-state index in [1.165, 1.54) is 0 Å². The van der Waals surface area contributed by atoms with Gasteiger partial charge in [0.2, 0.25) is 0 Å². The summed E-state index contributed by atoms with van der Waals surface area (Å²) < 4.78 is 5.22. The summed E-state index contributed by atoms with van der Waals surface area (Å²) in [6.07, 6.45) is -0.362. The van der Waals surface area contributed by atoms with Gasteiger partial charge < -0.3 is 20.1 Å². The van der Waals surface area contributed by atoms with Crippen LogP contribution in [-0.2, 0) is 9.53 Å². The summed E-state index contributed by atoms with van der Waals surface area (Å²) in [5, 5.41) is 11.8. The Labute approximate surface area is 99.9 Å². The second-order valence-corrected chi connectivity index (χ2v) is 5.85. The van der Waals surface area contributed by atoms with Gasteiger partial charge >= 0.3 is 12.1 Å². The van der Waals surface area contributed by atoms with Crippen LogP contribution >= 0.6 is 0 Å². The second kappa shape index (κ2) is 3.60. The molecule has 0 bridgehead atoms. The molecule has 2 heterocycles. The Bertz CT molecular complexity index is 355. The number of hydrogen-bond donors (Lipinski definition) is 2. The van der Waals surface area contributed by atoms with Crippen LogP contribution in [0.5, 0.6) is 0 Å². The summed E-state index contributed by atoms with van der Waals surface area (Å²) >= 11 is 0. The number of nitrogens with one attached hydrogen (secondary N) is 1. The molecule has 0 unspecified atom stereocenters. The van der Waals surface area contributed by atoms with Crippen molar-refractivity contribution < 1.29 is 19.4 Å². The number of rotatable bonds is 1. The number of carbonyl (C=O) groups is 2. The van der Waals surface area contributed by atoms with Gasteiger partial charge in [-0.2, -0.15) is 0 Å². The number of carbonyl (C=O) groups excluding carboxylic acids is 1. The molecule has 0 radical (unpaired) electrons. The highest BCUT2D eigenvalue weighted by Gasteiger charge is 2.59. The van der Waals surface area contributed by atoms with Crippen LogP contribution in [0.2, 0.25) is 0 Å². The lowest BCUT2D eigenvalue weighted by molar-refractivity contribution is -0.158. The summed E-state index contributed by atoms with van der Waals surface area (Å²) in [6.45, 7) is 7.02. The zero-order valence-electron chi connectivity index (χ0n) is 10.3. The number of nitrogens with zero attached hydrogens (tertiary/aromatic N) is 1. The van der Waals surface area contributed by atoms with Gasteiger partial charge in [-0.3, -0.25) is 4.79 Å². The molecule has 2 aliphatic heterocycles. The largest absolute Gasteiger partial charge is 0.480 e. The molecule has 0 aliphatic carbocycles. The van der Waals surface area contributed by atoms with E-state index >= 15 is 0 Å². The predicted molar refractivity (Wildman–Crippen MR) is 59.7 cm³/mol. The number of hydrogen-bond acceptors (Lipinski definition) is 4. The molecule has 2 aliphatic rings. The highest BCUT2D eigenvalue weighted by atomic mass is 16.6. The Morgan fingerprint density at radius 1 is 1.41 bits per heavy atom. The lowest BCUT2D eigenvalue weighted by Gasteiger charge is -2.58. The molecular formula is C11H18N2O4. The minimum Gasteiger partial charge on any atom is -0.480 e. The second-order valence-electron chi connectivity index (χ2n) is 5.85. The quantitative estimate of drug-likeness (QED) is 0.690. The van der Waals surface area contributed by atoms with E-state index < -0.39 is 17.6 Å². The van der Waals surface area contributed by atoms with Crippen LogP contribution in [0.15, 0.2) is 0 Å². The van der Waals surface area contributed by atoms with Crippen molar-refractivity contribution >= 4 is 12.1 Å². The van der Waals surface area contributed by atoms with Gasteiger partial charge in [-0.1, -0.05) is 0 Å². The van der Waals surface area contributed by atoms with Crippen LogP contribution in [0.1, 0.15) is 20.8 Å². The van der Waals surface area contributed by atoms with Crippen molar-refractivity contribution in [2.24, 2.45) is 5.41 Å². The number of amides is 1. The Hall–Kier alpha value is -1.30. The summed E-state index contributed by atoms with van der Waals surface area (Å²) in [5.41, 5.74) is -0.785. The molecule has 17 heavy (non-hydrogen) atoms. The van der Waals surface area contributed by atoms with Crippen molar-refractivity contribution in [1.82, 2.24) is 10.2 Å². The van der Waals surface area contributed by atoms with Gasteiger partial charge in [-0.25, -0.2) is 4.79 Å². The first kappa shape index (κ1) is 12.2. The molecular weight excluding hydrogens is 224 g/mol. The Morgan fingerprint density at radius 2 is 2.00 bits per heavy atom. The molecule has 2 saturated heterocycles. The van der Waals surface area contributed by atoms with E-state index in [4.69, 9.17) is 9.84 Å². The highest BCUT2D eigenvalue weighted by molar-refractivity contribution is 5.78. The lowest BCUT2D eigenvalue weighted by atomic mass is 9.67. The number of likely N-dealkylation sites (tertiary alicyclic amines) is 1. The molecule has 0 aromatic heterocycles. The SMILES string of the molecule is CC(C)(C)OC(=O)N1CC2(CN[C@H]2C(=O)O)C1. The molecule has 0 aromatic carbocycles. The monoisotopic (exact) mass is 242 g/mol. The average molecular weight is 242 g/mol. The van der Waals surface area contributed by atoms with Gasteiger partial charge in [-0.05, 0) is 20.8 Å². The van der Waals surface area contributed by atoms with Crippen molar-refractivity contribution in [3.63, 3.8) is 0 Å². The highest BCUT2D eigenvalue weighted by Crippen LogP contribution is 2.40. The normalized spacial score (nSPS) is 26.1. The van der Waals surface area contributed by atoms with E-state index in [0.717, 1.165) is 0 Å². The Balaban J connectivity index is 1.87. The maximum atomic E-state index is 11.7. The van der Waals surface area contributed by atoms with Crippen LogP contribution in [0, 0.1) is 5.41 Å². The van der Waals surface area contributed by atoms with Gasteiger partial charge in [0.25, 0.3) is 0 Å². The molecule has 6 nitrogen and oxygen atoms in total. The molecule has 96 valence electrons. The van der Waals surface area contributed by atoms with Crippen LogP contribution in [0.4, 0.5) is 4.79 Å². The molecule has 2 fully saturated rings. The minimum absolute atomic E-state index is 0.275. The third kappa shape index (κ3) is 2.09. The molecule has 1 amide bonds. The van der Waals surface area contributed by atoms with Crippen LogP contribution in [0.3, 0.4) is 0 Å². The van der Waals surface area contributed by atoms with Gasteiger partial charge in [0.05, 0.1) is 0 Å². The number of carboxylic acid groups (broad SMARTS) is 1. The maximum Gasteiger partial charge on any atom is 0.410 e. The molecule has 0 aromatic rings. The zero-order chi connectivity index (χ0) is 12.8. The summed E-state index contributed by atoms with van der Waals surface area (Å²) in [4.78, 5) is 24.1. The van der Waals surface area contributed by atoms with Crippen molar-refractivity contribution in [2.75, 3.05) is 19.6 Å². The number of aliphatic carboxylic acids is 1. The van der Waals surface area contributed by atoms with Gasteiger partial charge in [0.15, 0.2) is 0 Å². The van der Waals surface area contributed by atoms with Crippen LogP contribution < -0.4 is 5.32 Å². The first-order chi connectivity index (χ1) is 7.73. The van der Waals surface area contributed by atoms with Crippen molar-refractivity contribution in [3.8, 4) is 0 Å². The van der Waals surface area contributed by atoms with E-state index in [2.05, 4.69) is 5.32 Å². The number of ether oxygens (including phenoxy) is 1. The van der Waals surface area contributed by atoms with Gasteiger partial charge in [-0.15, -0.1) is 0 Å². The van der Waals surface area contributed by atoms with Crippen molar-refractivity contribution in [3.05, 3.63) is 0 Å². The van der Waals surface area contributed by atoms with E-state index in [9.17, 15) is 9.59 Å². The van der Waals surface area contributed by atoms with Gasteiger partial charge in [0, 0.05) is 25.0 Å². The van der Waals surface area contributed by atoms with E-state index in [1.54, 1.807) is 4.90 Å². The molecule has 2 N–H and O–H groups in total. The van der Waals surface area contributed by atoms with Gasteiger partial charge in [0.1, 0.15) is 11.6 Å². The maximum absolute atomic E-state index is 11.7. The first-order valence-electron chi connectivity index (χ1n) is 5.68. The fourth-order valence-corrected chi connectivity index (χ4v) is 2.31. The summed E-state index contributed by atoms with van der Waals surface area (Å²) in [7, 11) is 0. The number of carboxylic acids is 1. The van der Waals surface area contributed by atoms with Crippen molar-refractivity contribution in [1.29, 1.82) is 0 Å². The summed E-state index contributed by atoms with van der Waals surface area (Å²) in [6, 6.07) is -0.527. The Morgan fingerprint density at radius 3 is 2.35 bits per heavy atom. The van der Waals surface area contributed by atoms with E-state index in [-0.39, 0.29) is 11.5 Å². The summed E-state index contributed by atoms with van der Waals surface area (Å²) in [5.74, 6) is -0.847. The molecule has 1 atom stereocenters. The molecule has 6 heteroatoms. The fraction of sp³-hybridized carbons (Fsp3) is 0.818. The van der Waals surface area contributed by atoms with E-state index in [1.807, 2.05) is 20.8 Å². The fourth-order valence-electron chi connectivity index (χ4n) is 2.31. The van der Waals surface area contributed by atoms with E-state index in [0.29, 0.717) is 19.6 Å².